The molecule has 1 atom stereocenters. The SMILES string of the molecule is O=C(c1ccccc1CN1CCCC1)N1CCC[C@H]1c1cncc(Cc2cccc(F)c2)n1. The Morgan fingerprint density at radius 2 is 1.85 bits per heavy atom. The van der Waals surface area contributed by atoms with Crippen molar-refractivity contribution in [1.29, 1.82) is 0 Å². The Kier molecular flexibility index (Phi) is 6.44. The number of carbonyl (C=O) groups is 1. The van der Waals surface area contributed by atoms with Crippen molar-refractivity contribution in [3.05, 3.63) is 94.8 Å². The summed E-state index contributed by atoms with van der Waals surface area (Å²) in [5, 5.41) is 0. The van der Waals surface area contributed by atoms with Gasteiger partial charge in [-0.1, -0.05) is 30.3 Å². The van der Waals surface area contributed by atoms with Gasteiger partial charge in [0.15, 0.2) is 0 Å². The number of nitrogens with zero attached hydrogens (tertiary/aromatic N) is 4. The van der Waals surface area contributed by atoms with Crippen LogP contribution in [0.4, 0.5) is 4.39 Å². The van der Waals surface area contributed by atoms with Crippen LogP contribution in [-0.4, -0.2) is 45.3 Å². The van der Waals surface area contributed by atoms with Crippen molar-refractivity contribution in [2.24, 2.45) is 0 Å². The molecular weight excluding hydrogens is 415 g/mol. The van der Waals surface area contributed by atoms with Crippen LogP contribution in [0, 0.1) is 5.82 Å². The highest BCUT2D eigenvalue weighted by Gasteiger charge is 2.33. The summed E-state index contributed by atoms with van der Waals surface area (Å²) in [5.41, 5.74) is 4.34. The zero-order valence-electron chi connectivity index (χ0n) is 18.8. The molecule has 6 heteroatoms. The van der Waals surface area contributed by atoms with E-state index in [1.54, 1.807) is 18.5 Å². The van der Waals surface area contributed by atoms with Crippen LogP contribution in [0.3, 0.4) is 0 Å². The molecule has 0 unspecified atom stereocenters. The minimum absolute atomic E-state index is 0.0737. The molecule has 170 valence electrons. The fraction of sp³-hybridized carbons (Fsp3) is 0.370. The third-order valence-electron chi connectivity index (χ3n) is 6.67. The van der Waals surface area contributed by atoms with Gasteiger partial charge in [-0.2, -0.15) is 0 Å². The Bertz CT molecular complexity index is 1130. The molecule has 1 amide bonds. The van der Waals surface area contributed by atoms with E-state index in [0.29, 0.717) is 6.42 Å². The molecule has 2 saturated heterocycles. The normalized spacial score (nSPS) is 18.7. The molecule has 0 aliphatic carbocycles. The topological polar surface area (TPSA) is 49.3 Å². The van der Waals surface area contributed by atoms with Gasteiger partial charge in [-0.05, 0) is 68.1 Å². The summed E-state index contributed by atoms with van der Waals surface area (Å²) in [6, 6.07) is 14.5. The lowest BCUT2D eigenvalue weighted by atomic mass is 10.0. The molecule has 0 saturated carbocycles. The van der Waals surface area contributed by atoms with Crippen molar-refractivity contribution in [2.75, 3.05) is 19.6 Å². The molecular formula is C27H29FN4O. The second kappa shape index (κ2) is 9.79. The molecule has 2 aliphatic heterocycles. The quantitative estimate of drug-likeness (QED) is 0.549. The number of carbonyl (C=O) groups excluding carboxylic acids is 1. The third-order valence-corrected chi connectivity index (χ3v) is 6.67. The largest absolute Gasteiger partial charge is 0.330 e. The number of hydrogen-bond donors (Lipinski definition) is 0. The van der Waals surface area contributed by atoms with Crippen molar-refractivity contribution in [1.82, 2.24) is 19.8 Å². The van der Waals surface area contributed by atoms with E-state index >= 15 is 0 Å². The summed E-state index contributed by atoms with van der Waals surface area (Å²) in [4.78, 5) is 27.3. The maximum atomic E-state index is 13.7. The first-order chi connectivity index (χ1) is 16.2. The van der Waals surface area contributed by atoms with Crippen LogP contribution >= 0.6 is 0 Å². The predicted octanol–water partition coefficient (Wildman–Crippen LogP) is 4.78. The first-order valence-corrected chi connectivity index (χ1v) is 11.8. The van der Waals surface area contributed by atoms with E-state index in [0.717, 1.165) is 67.1 Å². The number of rotatable bonds is 6. The molecule has 3 aromatic rings. The maximum Gasteiger partial charge on any atom is 0.254 e. The average Bonchev–Trinajstić information content (AvgIpc) is 3.52. The van der Waals surface area contributed by atoms with Crippen LogP contribution in [-0.2, 0) is 13.0 Å². The Labute approximate surface area is 194 Å². The average molecular weight is 445 g/mol. The van der Waals surface area contributed by atoms with Gasteiger partial charge in [-0.25, -0.2) is 4.39 Å². The van der Waals surface area contributed by atoms with E-state index < -0.39 is 0 Å². The standard InChI is InChI=1S/C27H29FN4O/c28-22-9-5-7-20(15-22)16-23-17-29-18-25(30-23)26-11-6-14-32(26)27(33)24-10-2-1-8-21(24)19-31-12-3-4-13-31/h1-2,5,7-10,15,17-18,26H,3-4,6,11-14,16,19H2/t26-/m0/s1. The van der Waals surface area contributed by atoms with Gasteiger partial charge in [-0.3, -0.25) is 19.7 Å². The van der Waals surface area contributed by atoms with Gasteiger partial charge >= 0.3 is 0 Å². The molecule has 1 aromatic heterocycles. The maximum absolute atomic E-state index is 13.7. The molecule has 5 nitrogen and oxygen atoms in total. The lowest BCUT2D eigenvalue weighted by molar-refractivity contribution is 0.0730. The molecule has 5 rings (SSSR count). The lowest BCUT2D eigenvalue weighted by Gasteiger charge is -2.26. The summed E-state index contributed by atoms with van der Waals surface area (Å²) < 4.78 is 13.6. The smallest absolute Gasteiger partial charge is 0.254 e. The number of benzene rings is 2. The van der Waals surface area contributed by atoms with Crippen molar-refractivity contribution in [3.63, 3.8) is 0 Å². The van der Waals surface area contributed by atoms with Crippen LogP contribution in [0.5, 0.6) is 0 Å². The van der Waals surface area contributed by atoms with E-state index in [-0.39, 0.29) is 17.8 Å². The van der Waals surface area contributed by atoms with Crippen molar-refractivity contribution in [3.8, 4) is 0 Å². The van der Waals surface area contributed by atoms with Gasteiger partial charge in [0, 0.05) is 31.3 Å². The predicted molar refractivity (Wildman–Crippen MR) is 125 cm³/mol. The Hall–Kier alpha value is -3.12. The number of aromatic nitrogens is 2. The van der Waals surface area contributed by atoms with Gasteiger partial charge < -0.3 is 4.90 Å². The summed E-state index contributed by atoms with van der Waals surface area (Å²) in [5.74, 6) is -0.179. The summed E-state index contributed by atoms with van der Waals surface area (Å²) >= 11 is 0. The zero-order chi connectivity index (χ0) is 22.6. The molecule has 0 radical (unpaired) electrons. The molecule has 33 heavy (non-hydrogen) atoms. The van der Waals surface area contributed by atoms with Gasteiger partial charge in [0.25, 0.3) is 5.91 Å². The summed E-state index contributed by atoms with van der Waals surface area (Å²) in [7, 11) is 0. The minimum Gasteiger partial charge on any atom is -0.330 e. The molecule has 0 N–H and O–H groups in total. The molecule has 0 spiro atoms. The van der Waals surface area contributed by atoms with Crippen LogP contribution in [0.25, 0.3) is 0 Å². The van der Waals surface area contributed by atoms with Crippen LogP contribution in [0.15, 0.2) is 60.9 Å². The van der Waals surface area contributed by atoms with Crippen molar-refractivity contribution in [2.45, 2.75) is 44.7 Å². The molecule has 2 aliphatic rings. The van der Waals surface area contributed by atoms with Gasteiger partial charge in [0.1, 0.15) is 5.82 Å². The van der Waals surface area contributed by atoms with E-state index in [4.69, 9.17) is 4.98 Å². The van der Waals surface area contributed by atoms with Crippen LogP contribution in [0.2, 0.25) is 0 Å². The van der Waals surface area contributed by atoms with Gasteiger partial charge in [0.05, 0.1) is 23.6 Å². The first kappa shape index (κ1) is 21.7. The lowest BCUT2D eigenvalue weighted by Crippen LogP contribution is -2.32. The Balaban J connectivity index is 1.36. The first-order valence-electron chi connectivity index (χ1n) is 11.8. The highest BCUT2D eigenvalue weighted by atomic mass is 19.1. The number of halogens is 1. The zero-order valence-corrected chi connectivity index (χ0v) is 18.8. The molecule has 0 bridgehead atoms. The minimum atomic E-state index is -0.253. The Morgan fingerprint density at radius 1 is 1.00 bits per heavy atom. The van der Waals surface area contributed by atoms with Gasteiger partial charge in [-0.15, -0.1) is 0 Å². The van der Waals surface area contributed by atoms with E-state index in [1.165, 1.54) is 25.0 Å². The second-order valence-corrected chi connectivity index (χ2v) is 9.04. The fourth-order valence-corrected chi connectivity index (χ4v) is 5.05. The van der Waals surface area contributed by atoms with Crippen LogP contribution < -0.4 is 0 Å². The monoisotopic (exact) mass is 444 g/mol. The van der Waals surface area contributed by atoms with E-state index in [1.807, 2.05) is 29.2 Å². The van der Waals surface area contributed by atoms with Gasteiger partial charge in [0.2, 0.25) is 0 Å². The molecule has 2 aromatic carbocycles. The Morgan fingerprint density at radius 3 is 2.70 bits per heavy atom. The van der Waals surface area contributed by atoms with Crippen LogP contribution in [0.1, 0.15) is 64.6 Å². The molecule has 3 heterocycles. The number of hydrogen-bond acceptors (Lipinski definition) is 4. The highest BCUT2D eigenvalue weighted by molar-refractivity contribution is 5.96. The molecule has 2 fully saturated rings. The number of amides is 1. The van der Waals surface area contributed by atoms with E-state index in [9.17, 15) is 9.18 Å². The third kappa shape index (κ3) is 4.96. The second-order valence-electron chi connectivity index (χ2n) is 9.04. The fourth-order valence-electron chi connectivity index (χ4n) is 5.05. The summed E-state index contributed by atoms with van der Waals surface area (Å²) in [6.45, 7) is 3.74. The number of likely N-dealkylation sites (tertiary alicyclic amines) is 2. The van der Waals surface area contributed by atoms with Crippen molar-refractivity contribution < 1.29 is 9.18 Å². The highest BCUT2D eigenvalue weighted by Crippen LogP contribution is 2.33. The van der Waals surface area contributed by atoms with E-state index in [2.05, 4.69) is 16.0 Å². The summed E-state index contributed by atoms with van der Waals surface area (Å²) in [6.07, 6.45) is 8.28. The van der Waals surface area contributed by atoms with Crippen molar-refractivity contribution >= 4 is 5.91 Å².